The van der Waals surface area contributed by atoms with Gasteiger partial charge in [-0.2, -0.15) is 0 Å². The molecule has 0 saturated heterocycles. The largest absolute Gasteiger partial charge is 0.314 e. The van der Waals surface area contributed by atoms with E-state index in [9.17, 15) is 0 Å². The minimum absolute atomic E-state index is 0.599. The van der Waals surface area contributed by atoms with Crippen LogP contribution < -0.4 is 5.32 Å². The zero-order chi connectivity index (χ0) is 10.6. The van der Waals surface area contributed by atoms with E-state index in [-0.39, 0.29) is 0 Å². The lowest BCUT2D eigenvalue weighted by molar-refractivity contribution is 0.476. The van der Waals surface area contributed by atoms with Crippen molar-refractivity contribution in [3.63, 3.8) is 0 Å². The maximum absolute atomic E-state index is 3.48. The van der Waals surface area contributed by atoms with E-state index in [4.69, 9.17) is 0 Å². The van der Waals surface area contributed by atoms with Crippen molar-refractivity contribution in [1.29, 1.82) is 0 Å². The van der Waals surface area contributed by atoms with Gasteiger partial charge in [0.1, 0.15) is 0 Å². The Bertz CT molecular complexity index is 265. The van der Waals surface area contributed by atoms with E-state index in [1.165, 1.54) is 16.9 Å². The molecular formula is C12H21NS. The van der Waals surface area contributed by atoms with E-state index in [2.05, 4.69) is 44.5 Å². The smallest absolute Gasteiger partial charge is 0.00170 e. The minimum atomic E-state index is 0.599. The molecule has 14 heavy (non-hydrogen) atoms. The van der Waals surface area contributed by atoms with Gasteiger partial charge in [-0.3, -0.25) is 0 Å². The van der Waals surface area contributed by atoms with Gasteiger partial charge in [0.2, 0.25) is 0 Å². The summed E-state index contributed by atoms with van der Waals surface area (Å²) in [4.78, 5) is 1.42. The highest BCUT2D eigenvalue weighted by Gasteiger charge is 2.05. The number of hydrogen-bond donors (Lipinski definition) is 1. The second kappa shape index (κ2) is 5.52. The van der Waals surface area contributed by atoms with Crippen molar-refractivity contribution in [2.24, 2.45) is 5.92 Å². The molecule has 0 aliphatic carbocycles. The Hall–Kier alpha value is -0.340. The third kappa shape index (κ3) is 4.25. The van der Waals surface area contributed by atoms with Gasteiger partial charge in [-0.05, 0) is 42.8 Å². The highest BCUT2D eigenvalue weighted by molar-refractivity contribution is 7.10. The van der Waals surface area contributed by atoms with Crippen LogP contribution in [0, 0.1) is 12.8 Å². The van der Waals surface area contributed by atoms with Gasteiger partial charge in [0.15, 0.2) is 0 Å². The Kier molecular flexibility index (Phi) is 4.63. The summed E-state index contributed by atoms with van der Waals surface area (Å²) in [5.41, 5.74) is 1.49. The number of hydrogen-bond acceptors (Lipinski definition) is 2. The molecule has 80 valence electrons. The fraction of sp³-hybridized carbons (Fsp3) is 0.667. The van der Waals surface area contributed by atoms with Gasteiger partial charge in [0.25, 0.3) is 0 Å². The Morgan fingerprint density at radius 3 is 2.57 bits per heavy atom. The van der Waals surface area contributed by atoms with Crippen LogP contribution in [0.25, 0.3) is 0 Å². The van der Waals surface area contributed by atoms with E-state index >= 15 is 0 Å². The second-order valence-electron chi connectivity index (χ2n) is 4.44. The van der Waals surface area contributed by atoms with E-state index in [1.54, 1.807) is 0 Å². The molecule has 0 aromatic carbocycles. The molecule has 1 aromatic heterocycles. The topological polar surface area (TPSA) is 12.0 Å². The summed E-state index contributed by atoms with van der Waals surface area (Å²) in [5, 5.41) is 5.75. The van der Waals surface area contributed by atoms with Crippen molar-refractivity contribution >= 4 is 11.3 Å². The van der Waals surface area contributed by atoms with Crippen LogP contribution in [0.2, 0.25) is 0 Å². The third-order valence-electron chi connectivity index (χ3n) is 2.24. The molecule has 1 unspecified atom stereocenters. The van der Waals surface area contributed by atoms with E-state index in [0.29, 0.717) is 6.04 Å². The van der Waals surface area contributed by atoms with Crippen molar-refractivity contribution in [3.8, 4) is 0 Å². The van der Waals surface area contributed by atoms with Crippen molar-refractivity contribution in [2.75, 3.05) is 6.54 Å². The Morgan fingerprint density at radius 2 is 2.07 bits per heavy atom. The normalized spacial score (nSPS) is 13.5. The van der Waals surface area contributed by atoms with Crippen molar-refractivity contribution in [3.05, 3.63) is 21.9 Å². The fourth-order valence-corrected chi connectivity index (χ4v) is 2.24. The molecule has 1 atom stereocenters. The first-order valence-corrected chi connectivity index (χ1v) is 6.23. The van der Waals surface area contributed by atoms with Crippen LogP contribution in [0.3, 0.4) is 0 Å². The van der Waals surface area contributed by atoms with Crippen molar-refractivity contribution in [1.82, 2.24) is 5.32 Å². The molecule has 0 radical (unpaired) electrons. The summed E-state index contributed by atoms with van der Waals surface area (Å²) in [7, 11) is 0. The van der Waals surface area contributed by atoms with Gasteiger partial charge in [0, 0.05) is 10.9 Å². The number of rotatable bonds is 5. The van der Waals surface area contributed by atoms with E-state index in [0.717, 1.165) is 12.5 Å². The molecule has 1 N–H and O–H groups in total. The standard InChI is InChI=1S/C12H21NS/c1-9(2)13-7-10(3)5-12-6-11(4)14-8-12/h6,8-10,13H,5,7H2,1-4H3. The average molecular weight is 211 g/mol. The summed E-state index contributed by atoms with van der Waals surface area (Å²) >= 11 is 1.85. The highest BCUT2D eigenvalue weighted by atomic mass is 32.1. The molecule has 2 heteroatoms. The highest BCUT2D eigenvalue weighted by Crippen LogP contribution is 2.16. The number of nitrogens with one attached hydrogen (secondary N) is 1. The molecule has 0 aliphatic heterocycles. The maximum atomic E-state index is 3.48. The molecule has 1 aromatic rings. The third-order valence-corrected chi connectivity index (χ3v) is 3.15. The van der Waals surface area contributed by atoms with E-state index in [1.807, 2.05) is 11.3 Å². The van der Waals surface area contributed by atoms with Crippen LogP contribution in [0.5, 0.6) is 0 Å². The molecule has 1 rings (SSSR count). The molecular weight excluding hydrogens is 190 g/mol. The minimum Gasteiger partial charge on any atom is -0.314 e. The van der Waals surface area contributed by atoms with Gasteiger partial charge in [-0.15, -0.1) is 11.3 Å². The van der Waals surface area contributed by atoms with Crippen molar-refractivity contribution < 1.29 is 0 Å². The van der Waals surface area contributed by atoms with Crippen LogP contribution in [-0.4, -0.2) is 12.6 Å². The first-order chi connectivity index (χ1) is 6.58. The first kappa shape index (κ1) is 11.7. The maximum Gasteiger partial charge on any atom is 0.00170 e. The lowest BCUT2D eigenvalue weighted by Crippen LogP contribution is -2.28. The first-order valence-electron chi connectivity index (χ1n) is 5.35. The van der Waals surface area contributed by atoms with Crippen LogP contribution in [0.15, 0.2) is 11.4 Å². The van der Waals surface area contributed by atoms with Gasteiger partial charge < -0.3 is 5.32 Å². The monoisotopic (exact) mass is 211 g/mol. The number of aryl methyl sites for hydroxylation is 1. The molecule has 1 nitrogen and oxygen atoms in total. The van der Waals surface area contributed by atoms with E-state index < -0.39 is 0 Å². The molecule has 1 heterocycles. The van der Waals surface area contributed by atoms with Gasteiger partial charge in [-0.25, -0.2) is 0 Å². The lowest BCUT2D eigenvalue weighted by atomic mass is 10.0. The quantitative estimate of drug-likeness (QED) is 0.788. The molecule has 0 aliphatic rings. The Labute approximate surface area is 91.5 Å². The Morgan fingerprint density at radius 1 is 1.36 bits per heavy atom. The second-order valence-corrected chi connectivity index (χ2v) is 5.55. The summed E-state index contributed by atoms with van der Waals surface area (Å²) in [6.45, 7) is 9.99. The molecule has 0 spiro atoms. The van der Waals surface area contributed by atoms with Crippen LogP contribution in [0.1, 0.15) is 31.2 Å². The van der Waals surface area contributed by atoms with Crippen LogP contribution >= 0.6 is 11.3 Å². The zero-order valence-electron chi connectivity index (χ0n) is 9.63. The molecule has 0 bridgehead atoms. The predicted molar refractivity (Wildman–Crippen MR) is 65.1 cm³/mol. The molecule has 0 saturated carbocycles. The van der Waals surface area contributed by atoms with Crippen LogP contribution in [0.4, 0.5) is 0 Å². The van der Waals surface area contributed by atoms with Gasteiger partial charge >= 0.3 is 0 Å². The SMILES string of the molecule is Cc1cc(CC(C)CNC(C)C)cs1. The predicted octanol–water partition coefficient (Wildman–Crippen LogP) is 3.23. The summed E-state index contributed by atoms with van der Waals surface area (Å²) in [5.74, 6) is 0.728. The van der Waals surface area contributed by atoms with Crippen molar-refractivity contribution in [2.45, 2.75) is 40.2 Å². The van der Waals surface area contributed by atoms with Gasteiger partial charge in [-0.1, -0.05) is 20.8 Å². The van der Waals surface area contributed by atoms with Gasteiger partial charge in [0.05, 0.1) is 0 Å². The summed E-state index contributed by atoms with van der Waals surface area (Å²) in [6, 6.07) is 2.90. The average Bonchev–Trinajstić information content (AvgIpc) is 2.48. The summed E-state index contributed by atoms with van der Waals surface area (Å²) in [6.07, 6.45) is 1.20. The summed E-state index contributed by atoms with van der Waals surface area (Å²) < 4.78 is 0. The molecule has 0 fully saturated rings. The zero-order valence-corrected chi connectivity index (χ0v) is 10.4. The fourth-order valence-electron chi connectivity index (χ4n) is 1.52. The number of thiophene rings is 1. The lowest BCUT2D eigenvalue weighted by Gasteiger charge is -2.13. The Balaban J connectivity index is 2.30. The molecule has 0 amide bonds. The van der Waals surface area contributed by atoms with Crippen LogP contribution in [-0.2, 0) is 6.42 Å².